The van der Waals surface area contributed by atoms with Crippen LogP contribution in [0.1, 0.15) is 17.2 Å². The van der Waals surface area contributed by atoms with Gasteiger partial charge in [0.05, 0.1) is 13.2 Å². The van der Waals surface area contributed by atoms with E-state index in [0.29, 0.717) is 11.6 Å². The molecule has 0 spiro atoms. The third-order valence-corrected chi connectivity index (χ3v) is 3.88. The number of rotatable bonds is 7. The van der Waals surface area contributed by atoms with Crippen molar-refractivity contribution < 1.29 is 14.3 Å². The lowest BCUT2D eigenvalue weighted by Crippen LogP contribution is -2.27. The molecule has 0 aromatic heterocycles. The molecule has 2 rings (SSSR count). The molecule has 0 heterocycles. The van der Waals surface area contributed by atoms with Gasteiger partial charge in [0.25, 0.3) is 0 Å². The maximum absolute atomic E-state index is 12.0. The molecule has 0 bridgehead atoms. The summed E-state index contributed by atoms with van der Waals surface area (Å²) in [4.78, 5) is 12.0. The number of halogens is 1. The van der Waals surface area contributed by atoms with Gasteiger partial charge in [-0.1, -0.05) is 41.9 Å². The van der Waals surface area contributed by atoms with Crippen LogP contribution in [-0.4, -0.2) is 26.7 Å². The van der Waals surface area contributed by atoms with Gasteiger partial charge in [-0.3, -0.25) is 4.79 Å². The first kappa shape index (κ1) is 18.0. The smallest absolute Gasteiger partial charge is 0.244 e. The predicted molar refractivity (Wildman–Crippen MR) is 96.2 cm³/mol. The number of hydrogen-bond donors (Lipinski definition) is 1. The van der Waals surface area contributed by atoms with Crippen molar-refractivity contribution in [2.45, 2.75) is 6.10 Å². The number of hydrogen-bond acceptors (Lipinski definition) is 3. The fraction of sp³-hybridized carbons (Fsp3) is 0.211. The van der Waals surface area contributed by atoms with Crippen molar-refractivity contribution in [1.29, 1.82) is 0 Å². The van der Waals surface area contributed by atoms with Gasteiger partial charge < -0.3 is 14.8 Å². The molecule has 0 aliphatic rings. The molecule has 5 heteroatoms. The fourth-order valence-electron chi connectivity index (χ4n) is 2.21. The Morgan fingerprint density at radius 3 is 2.71 bits per heavy atom. The van der Waals surface area contributed by atoms with E-state index in [2.05, 4.69) is 5.32 Å². The number of methoxy groups -OCH3 is 2. The average molecular weight is 346 g/mol. The van der Waals surface area contributed by atoms with Gasteiger partial charge in [0.1, 0.15) is 5.75 Å². The SMILES string of the molecule is COc1cccc([C@H](CNC(=O)/C=C/c2ccccc2Cl)OC)c1. The molecule has 0 aliphatic carbocycles. The minimum Gasteiger partial charge on any atom is -0.497 e. The zero-order chi connectivity index (χ0) is 17.4. The van der Waals surface area contributed by atoms with Gasteiger partial charge in [0.15, 0.2) is 0 Å². The van der Waals surface area contributed by atoms with Crippen LogP contribution in [0.4, 0.5) is 0 Å². The summed E-state index contributed by atoms with van der Waals surface area (Å²) in [6.07, 6.45) is 2.89. The van der Waals surface area contributed by atoms with E-state index < -0.39 is 0 Å². The highest BCUT2D eigenvalue weighted by molar-refractivity contribution is 6.32. The minimum absolute atomic E-state index is 0.208. The van der Waals surface area contributed by atoms with Crippen molar-refractivity contribution >= 4 is 23.6 Å². The monoisotopic (exact) mass is 345 g/mol. The summed E-state index contributed by atoms with van der Waals surface area (Å²) >= 11 is 6.05. The Morgan fingerprint density at radius 1 is 1.21 bits per heavy atom. The molecule has 0 radical (unpaired) electrons. The largest absolute Gasteiger partial charge is 0.497 e. The van der Waals surface area contributed by atoms with Crippen LogP contribution < -0.4 is 10.1 Å². The molecule has 1 amide bonds. The van der Waals surface area contributed by atoms with Crippen LogP contribution in [0, 0.1) is 0 Å². The van der Waals surface area contributed by atoms with Crippen LogP contribution in [-0.2, 0) is 9.53 Å². The first-order valence-electron chi connectivity index (χ1n) is 7.51. The maximum atomic E-state index is 12.0. The number of carbonyl (C=O) groups is 1. The lowest BCUT2D eigenvalue weighted by Gasteiger charge is -2.16. The molecular formula is C19H20ClNO3. The summed E-state index contributed by atoms with van der Waals surface area (Å²) in [6, 6.07) is 14.9. The highest BCUT2D eigenvalue weighted by atomic mass is 35.5. The van der Waals surface area contributed by atoms with Crippen molar-refractivity contribution in [2.24, 2.45) is 0 Å². The van der Waals surface area contributed by atoms with E-state index in [-0.39, 0.29) is 12.0 Å². The molecule has 0 saturated heterocycles. The van der Waals surface area contributed by atoms with Gasteiger partial charge >= 0.3 is 0 Å². The van der Waals surface area contributed by atoms with Crippen molar-refractivity contribution in [3.63, 3.8) is 0 Å². The molecule has 4 nitrogen and oxygen atoms in total. The molecule has 2 aromatic rings. The topological polar surface area (TPSA) is 47.6 Å². The number of carbonyl (C=O) groups excluding carboxylic acids is 1. The Hall–Kier alpha value is -2.30. The highest BCUT2D eigenvalue weighted by Gasteiger charge is 2.12. The van der Waals surface area contributed by atoms with E-state index in [4.69, 9.17) is 21.1 Å². The molecule has 2 aromatic carbocycles. The van der Waals surface area contributed by atoms with Crippen LogP contribution in [0.5, 0.6) is 5.75 Å². The Labute approximate surface area is 147 Å². The van der Waals surface area contributed by atoms with E-state index in [1.807, 2.05) is 42.5 Å². The second kappa shape index (κ2) is 9.11. The van der Waals surface area contributed by atoms with Crippen molar-refractivity contribution in [3.05, 3.63) is 70.8 Å². The zero-order valence-electron chi connectivity index (χ0n) is 13.7. The summed E-state index contributed by atoms with van der Waals surface area (Å²) in [5.74, 6) is 0.541. The third kappa shape index (κ3) is 5.11. The lowest BCUT2D eigenvalue weighted by molar-refractivity contribution is -0.117. The number of ether oxygens (including phenoxy) is 2. The normalized spacial score (nSPS) is 12.1. The number of amides is 1. The molecule has 0 aliphatic heterocycles. The molecular weight excluding hydrogens is 326 g/mol. The summed E-state index contributed by atoms with van der Waals surface area (Å²) in [5.41, 5.74) is 1.73. The number of benzene rings is 2. The van der Waals surface area contributed by atoms with Crippen LogP contribution >= 0.6 is 11.6 Å². The molecule has 0 saturated carbocycles. The Balaban J connectivity index is 1.95. The predicted octanol–water partition coefficient (Wildman–Crippen LogP) is 3.87. The molecule has 126 valence electrons. The fourth-order valence-corrected chi connectivity index (χ4v) is 2.41. The van der Waals surface area contributed by atoms with Gasteiger partial charge in [-0.25, -0.2) is 0 Å². The highest BCUT2D eigenvalue weighted by Crippen LogP contribution is 2.21. The molecule has 1 N–H and O–H groups in total. The second-order valence-electron chi connectivity index (χ2n) is 5.10. The average Bonchev–Trinajstić information content (AvgIpc) is 2.61. The quantitative estimate of drug-likeness (QED) is 0.775. The van der Waals surface area contributed by atoms with Gasteiger partial charge in [0, 0.05) is 24.8 Å². The zero-order valence-corrected chi connectivity index (χ0v) is 14.4. The third-order valence-electron chi connectivity index (χ3n) is 3.53. The Bertz CT molecular complexity index is 715. The molecule has 0 fully saturated rings. The van der Waals surface area contributed by atoms with Crippen LogP contribution in [0.25, 0.3) is 6.08 Å². The van der Waals surface area contributed by atoms with Crippen LogP contribution in [0.3, 0.4) is 0 Å². The lowest BCUT2D eigenvalue weighted by atomic mass is 10.1. The summed E-state index contributed by atoms with van der Waals surface area (Å²) < 4.78 is 10.7. The van der Waals surface area contributed by atoms with Crippen LogP contribution in [0.15, 0.2) is 54.6 Å². The molecule has 0 unspecified atom stereocenters. The van der Waals surface area contributed by atoms with E-state index >= 15 is 0 Å². The summed E-state index contributed by atoms with van der Waals surface area (Å²) in [6.45, 7) is 0.357. The van der Waals surface area contributed by atoms with E-state index in [1.54, 1.807) is 26.4 Å². The molecule has 1 atom stereocenters. The van der Waals surface area contributed by atoms with E-state index in [0.717, 1.165) is 16.9 Å². The first-order chi connectivity index (χ1) is 11.6. The van der Waals surface area contributed by atoms with Gasteiger partial charge in [-0.15, -0.1) is 0 Å². The van der Waals surface area contributed by atoms with Gasteiger partial charge in [-0.2, -0.15) is 0 Å². The standard InChI is InChI=1S/C19H20ClNO3/c1-23-16-8-5-7-15(12-16)18(24-2)13-21-19(22)11-10-14-6-3-4-9-17(14)20/h3-12,18H,13H2,1-2H3,(H,21,22)/b11-10+/t18-/m0/s1. The number of nitrogens with one attached hydrogen (secondary N) is 1. The van der Waals surface area contributed by atoms with Crippen molar-refractivity contribution in [2.75, 3.05) is 20.8 Å². The van der Waals surface area contributed by atoms with E-state index in [1.165, 1.54) is 6.08 Å². The Morgan fingerprint density at radius 2 is 2.00 bits per heavy atom. The van der Waals surface area contributed by atoms with Crippen molar-refractivity contribution in [3.8, 4) is 5.75 Å². The minimum atomic E-state index is -0.252. The van der Waals surface area contributed by atoms with Gasteiger partial charge in [0.2, 0.25) is 5.91 Å². The Kier molecular flexibility index (Phi) is 6.85. The summed E-state index contributed by atoms with van der Waals surface area (Å²) in [7, 11) is 3.22. The van der Waals surface area contributed by atoms with Gasteiger partial charge in [-0.05, 0) is 35.4 Å². The van der Waals surface area contributed by atoms with E-state index in [9.17, 15) is 4.79 Å². The molecule has 24 heavy (non-hydrogen) atoms. The second-order valence-corrected chi connectivity index (χ2v) is 5.51. The van der Waals surface area contributed by atoms with Crippen LogP contribution in [0.2, 0.25) is 5.02 Å². The van der Waals surface area contributed by atoms with Crippen molar-refractivity contribution in [1.82, 2.24) is 5.32 Å². The summed E-state index contributed by atoms with van der Waals surface area (Å²) in [5, 5.41) is 3.43. The maximum Gasteiger partial charge on any atom is 0.244 e. The first-order valence-corrected chi connectivity index (χ1v) is 7.89.